The Labute approximate surface area is 146 Å². The monoisotopic (exact) mass is 356 g/mol. The Kier molecular flexibility index (Phi) is 7.47. The average molecular weight is 357 g/mol. The SMILES string of the molecule is COc1ccc(C(=O)NCCCN)cc1N1CCC(=O)NC1=O.Cl. The smallest absolute Gasteiger partial charge is 0.328 e. The van der Waals surface area contributed by atoms with Crippen LogP contribution in [0.5, 0.6) is 5.75 Å². The lowest BCUT2D eigenvalue weighted by atomic mass is 10.1. The summed E-state index contributed by atoms with van der Waals surface area (Å²) in [5, 5.41) is 5.00. The van der Waals surface area contributed by atoms with Gasteiger partial charge in [0.15, 0.2) is 0 Å². The first-order chi connectivity index (χ1) is 11.1. The summed E-state index contributed by atoms with van der Waals surface area (Å²) in [5.74, 6) is -0.121. The molecule has 0 aliphatic carbocycles. The van der Waals surface area contributed by atoms with E-state index in [0.29, 0.717) is 36.5 Å². The maximum absolute atomic E-state index is 12.1. The summed E-state index contributed by atoms with van der Waals surface area (Å²) < 4.78 is 5.25. The zero-order valence-corrected chi connectivity index (χ0v) is 14.1. The number of urea groups is 1. The van der Waals surface area contributed by atoms with Crippen molar-refractivity contribution in [3.8, 4) is 5.75 Å². The highest BCUT2D eigenvalue weighted by Crippen LogP contribution is 2.30. The van der Waals surface area contributed by atoms with E-state index in [-0.39, 0.29) is 37.2 Å². The molecule has 1 aromatic rings. The third-order valence-electron chi connectivity index (χ3n) is 3.45. The number of anilines is 1. The fourth-order valence-electron chi connectivity index (χ4n) is 2.24. The maximum Gasteiger partial charge on any atom is 0.328 e. The molecule has 4 N–H and O–H groups in total. The zero-order valence-electron chi connectivity index (χ0n) is 13.3. The Hall–Kier alpha value is -2.32. The van der Waals surface area contributed by atoms with E-state index in [0.717, 1.165) is 0 Å². The van der Waals surface area contributed by atoms with E-state index >= 15 is 0 Å². The molecule has 8 nitrogen and oxygen atoms in total. The molecule has 0 bridgehead atoms. The summed E-state index contributed by atoms with van der Waals surface area (Å²) >= 11 is 0. The Balaban J connectivity index is 0.00000288. The number of nitrogens with zero attached hydrogens (tertiary/aromatic N) is 1. The number of imide groups is 1. The van der Waals surface area contributed by atoms with Crippen molar-refractivity contribution in [3.05, 3.63) is 23.8 Å². The van der Waals surface area contributed by atoms with E-state index in [1.165, 1.54) is 12.0 Å². The van der Waals surface area contributed by atoms with Crippen LogP contribution in [-0.2, 0) is 4.79 Å². The second kappa shape index (κ2) is 9.09. The molecule has 1 saturated heterocycles. The number of rotatable bonds is 6. The number of amides is 4. The van der Waals surface area contributed by atoms with Crippen molar-refractivity contribution < 1.29 is 19.1 Å². The van der Waals surface area contributed by atoms with Crippen LogP contribution in [0, 0.1) is 0 Å². The molecule has 0 radical (unpaired) electrons. The van der Waals surface area contributed by atoms with Crippen molar-refractivity contribution in [3.63, 3.8) is 0 Å². The zero-order chi connectivity index (χ0) is 16.8. The second-order valence-electron chi connectivity index (χ2n) is 5.04. The summed E-state index contributed by atoms with van der Waals surface area (Å²) in [6.45, 7) is 1.21. The van der Waals surface area contributed by atoms with Crippen LogP contribution in [0.1, 0.15) is 23.2 Å². The number of halogens is 1. The summed E-state index contributed by atoms with van der Waals surface area (Å²) in [6, 6.07) is 4.29. The quantitative estimate of drug-likeness (QED) is 0.647. The highest BCUT2D eigenvalue weighted by atomic mass is 35.5. The summed E-state index contributed by atoms with van der Waals surface area (Å²) in [7, 11) is 1.48. The van der Waals surface area contributed by atoms with Gasteiger partial charge in [0.2, 0.25) is 5.91 Å². The number of hydrogen-bond acceptors (Lipinski definition) is 5. The first-order valence-corrected chi connectivity index (χ1v) is 7.34. The molecule has 0 unspecified atom stereocenters. The van der Waals surface area contributed by atoms with Gasteiger partial charge in [0.25, 0.3) is 5.91 Å². The molecule has 0 spiro atoms. The predicted molar refractivity (Wildman–Crippen MR) is 91.7 cm³/mol. The van der Waals surface area contributed by atoms with Gasteiger partial charge in [0.05, 0.1) is 12.8 Å². The lowest BCUT2D eigenvalue weighted by Crippen LogP contribution is -2.49. The number of benzene rings is 1. The van der Waals surface area contributed by atoms with Gasteiger partial charge in [-0.25, -0.2) is 4.79 Å². The minimum absolute atomic E-state index is 0. The molecule has 24 heavy (non-hydrogen) atoms. The highest BCUT2D eigenvalue weighted by Gasteiger charge is 2.27. The Morgan fingerprint density at radius 2 is 2.17 bits per heavy atom. The van der Waals surface area contributed by atoms with Gasteiger partial charge in [-0.3, -0.25) is 19.8 Å². The standard InChI is InChI=1S/C15H20N4O4.ClH/c1-23-12-4-3-10(14(21)17-7-2-6-16)9-11(12)19-8-5-13(20)18-15(19)22;/h3-4,9H,2,5-8,16H2,1H3,(H,17,21)(H,18,20,22);1H. The van der Waals surface area contributed by atoms with Crippen LogP contribution in [-0.4, -0.2) is 44.6 Å². The van der Waals surface area contributed by atoms with Crippen LogP contribution in [0.3, 0.4) is 0 Å². The normalized spacial score (nSPS) is 13.8. The lowest BCUT2D eigenvalue weighted by molar-refractivity contribution is -0.120. The summed E-state index contributed by atoms with van der Waals surface area (Å²) in [4.78, 5) is 36.8. The molecule has 132 valence electrons. The van der Waals surface area contributed by atoms with Gasteiger partial charge in [-0.15, -0.1) is 12.4 Å². The molecule has 2 rings (SSSR count). The van der Waals surface area contributed by atoms with Crippen molar-refractivity contribution >= 4 is 35.9 Å². The van der Waals surface area contributed by atoms with Crippen LogP contribution < -0.4 is 26.0 Å². The summed E-state index contributed by atoms with van der Waals surface area (Å²) in [5.41, 5.74) is 6.25. The first kappa shape index (κ1) is 19.7. The van der Waals surface area contributed by atoms with E-state index in [9.17, 15) is 14.4 Å². The number of ether oxygens (including phenoxy) is 1. The van der Waals surface area contributed by atoms with E-state index in [1.54, 1.807) is 18.2 Å². The van der Waals surface area contributed by atoms with Crippen molar-refractivity contribution in [1.29, 1.82) is 0 Å². The van der Waals surface area contributed by atoms with Gasteiger partial charge in [0, 0.05) is 25.1 Å². The van der Waals surface area contributed by atoms with Crippen LogP contribution in [0.15, 0.2) is 18.2 Å². The topological polar surface area (TPSA) is 114 Å². The van der Waals surface area contributed by atoms with Gasteiger partial charge in [0.1, 0.15) is 5.75 Å². The van der Waals surface area contributed by atoms with Crippen molar-refractivity contribution in [2.24, 2.45) is 5.73 Å². The van der Waals surface area contributed by atoms with Crippen LogP contribution >= 0.6 is 12.4 Å². The van der Waals surface area contributed by atoms with E-state index < -0.39 is 6.03 Å². The predicted octanol–water partition coefficient (Wildman–Crippen LogP) is 0.642. The molecule has 1 aliphatic heterocycles. The minimum Gasteiger partial charge on any atom is -0.495 e. The first-order valence-electron chi connectivity index (χ1n) is 7.34. The molecule has 9 heteroatoms. The van der Waals surface area contributed by atoms with Gasteiger partial charge in [-0.1, -0.05) is 0 Å². The molecule has 0 saturated carbocycles. The maximum atomic E-state index is 12.1. The number of nitrogens with one attached hydrogen (secondary N) is 2. The number of carbonyl (C=O) groups excluding carboxylic acids is 3. The third-order valence-corrected chi connectivity index (χ3v) is 3.45. The fraction of sp³-hybridized carbons (Fsp3) is 0.400. The van der Waals surface area contributed by atoms with E-state index in [4.69, 9.17) is 10.5 Å². The molecule has 1 aromatic carbocycles. The van der Waals surface area contributed by atoms with Crippen molar-refractivity contribution in [2.75, 3.05) is 31.6 Å². The molecular weight excluding hydrogens is 336 g/mol. The number of carbonyl (C=O) groups is 3. The fourth-order valence-corrected chi connectivity index (χ4v) is 2.24. The number of methoxy groups -OCH3 is 1. The third kappa shape index (κ3) is 4.59. The van der Waals surface area contributed by atoms with Gasteiger partial charge in [-0.05, 0) is 31.2 Å². The molecule has 1 fully saturated rings. The van der Waals surface area contributed by atoms with Gasteiger partial charge >= 0.3 is 6.03 Å². The molecule has 4 amide bonds. The van der Waals surface area contributed by atoms with Crippen LogP contribution in [0.2, 0.25) is 0 Å². The molecule has 0 aromatic heterocycles. The molecule has 1 aliphatic rings. The van der Waals surface area contributed by atoms with Gasteiger partial charge < -0.3 is 15.8 Å². The van der Waals surface area contributed by atoms with Gasteiger partial charge in [-0.2, -0.15) is 0 Å². The summed E-state index contributed by atoms with van der Waals surface area (Å²) in [6.07, 6.45) is 0.882. The Morgan fingerprint density at radius 1 is 1.42 bits per heavy atom. The highest BCUT2D eigenvalue weighted by molar-refractivity contribution is 6.07. The molecule has 0 atom stereocenters. The molecule has 1 heterocycles. The van der Waals surface area contributed by atoms with Crippen molar-refractivity contribution in [2.45, 2.75) is 12.8 Å². The average Bonchev–Trinajstić information content (AvgIpc) is 2.54. The van der Waals surface area contributed by atoms with E-state index in [2.05, 4.69) is 10.6 Å². The Morgan fingerprint density at radius 3 is 2.79 bits per heavy atom. The Bertz CT molecular complexity index is 623. The lowest BCUT2D eigenvalue weighted by Gasteiger charge is -2.28. The van der Waals surface area contributed by atoms with Crippen LogP contribution in [0.4, 0.5) is 10.5 Å². The second-order valence-corrected chi connectivity index (χ2v) is 5.04. The number of hydrogen-bond donors (Lipinski definition) is 3. The van der Waals surface area contributed by atoms with E-state index in [1.807, 2.05) is 0 Å². The minimum atomic E-state index is -0.528. The largest absolute Gasteiger partial charge is 0.495 e. The van der Waals surface area contributed by atoms with Crippen molar-refractivity contribution in [1.82, 2.24) is 10.6 Å². The van der Waals surface area contributed by atoms with Crippen LogP contribution in [0.25, 0.3) is 0 Å². The number of nitrogens with two attached hydrogens (primary N) is 1. The molecular formula is C15H21ClN4O4.